The number of anilines is 2. The van der Waals surface area contributed by atoms with Gasteiger partial charge in [0.05, 0.1) is 11.3 Å². The first kappa shape index (κ1) is 19.2. The van der Waals surface area contributed by atoms with E-state index in [2.05, 4.69) is 15.3 Å². The van der Waals surface area contributed by atoms with Gasteiger partial charge in [0, 0.05) is 24.2 Å². The lowest BCUT2D eigenvalue weighted by atomic mass is 10.2. The molecule has 3 rings (SSSR count). The number of thioether (sulfide) groups is 1. The Morgan fingerprint density at radius 2 is 1.81 bits per heavy atom. The average Bonchev–Trinajstić information content (AvgIpc) is 2.68. The number of nitrogens with one attached hydrogen (secondary N) is 1. The van der Waals surface area contributed by atoms with Crippen LogP contribution in [0.5, 0.6) is 0 Å². The normalized spacial score (nSPS) is 10.8. The number of hydrogen-bond acceptors (Lipinski definition) is 5. The lowest BCUT2D eigenvalue weighted by molar-refractivity contribution is -0.116. The van der Waals surface area contributed by atoms with Crippen molar-refractivity contribution in [2.75, 3.05) is 29.1 Å². The fourth-order valence-electron chi connectivity index (χ4n) is 2.97. The summed E-state index contributed by atoms with van der Waals surface area (Å²) in [6, 6.07) is 15.9. The molecular formula is C21H24N4OS. The van der Waals surface area contributed by atoms with Crippen molar-refractivity contribution in [3.8, 4) is 0 Å². The quantitative estimate of drug-likeness (QED) is 0.482. The molecule has 0 fully saturated rings. The van der Waals surface area contributed by atoms with Crippen LogP contribution in [0.1, 0.15) is 19.4 Å². The van der Waals surface area contributed by atoms with Gasteiger partial charge in [0.2, 0.25) is 5.91 Å². The van der Waals surface area contributed by atoms with E-state index >= 15 is 0 Å². The second kappa shape index (κ2) is 8.86. The van der Waals surface area contributed by atoms with E-state index in [1.165, 1.54) is 11.8 Å². The van der Waals surface area contributed by atoms with Gasteiger partial charge in [-0.2, -0.15) is 0 Å². The van der Waals surface area contributed by atoms with Crippen LogP contribution in [0.25, 0.3) is 10.9 Å². The van der Waals surface area contributed by atoms with Gasteiger partial charge in [0.25, 0.3) is 0 Å². The Morgan fingerprint density at radius 3 is 2.56 bits per heavy atom. The molecule has 0 aliphatic carbocycles. The molecule has 2 aromatic carbocycles. The SMILES string of the molecule is CCNc1nc(SCC(=O)N(CC)c2ccccc2C)nc2ccccc12. The van der Waals surface area contributed by atoms with Gasteiger partial charge in [-0.3, -0.25) is 4.79 Å². The zero-order chi connectivity index (χ0) is 19.2. The monoisotopic (exact) mass is 380 g/mol. The molecule has 1 amide bonds. The average molecular weight is 381 g/mol. The molecule has 0 radical (unpaired) electrons. The number of rotatable bonds is 7. The van der Waals surface area contributed by atoms with E-state index < -0.39 is 0 Å². The maximum atomic E-state index is 12.8. The number of aryl methyl sites for hydroxylation is 1. The van der Waals surface area contributed by atoms with Crippen molar-refractivity contribution in [1.82, 2.24) is 9.97 Å². The maximum Gasteiger partial charge on any atom is 0.237 e. The first-order chi connectivity index (χ1) is 13.1. The van der Waals surface area contributed by atoms with Gasteiger partial charge in [0.1, 0.15) is 5.82 Å². The molecular weight excluding hydrogens is 356 g/mol. The summed E-state index contributed by atoms with van der Waals surface area (Å²) < 4.78 is 0. The lowest BCUT2D eigenvalue weighted by Crippen LogP contribution is -2.32. The molecule has 140 valence electrons. The number of nitrogens with zero attached hydrogens (tertiary/aromatic N) is 3. The third-order valence-corrected chi connectivity index (χ3v) is 5.11. The Balaban J connectivity index is 1.79. The first-order valence-electron chi connectivity index (χ1n) is 9.13. The number of fused-ring (bicyclic) bond motifs is 1. The van der Waals surface area contributed by atoms with Gasteiger partial charge >= 0.3 is 0 Å². The zero-order valence-corrected chi connectivity index (χ0v) is 16.7. The van der Waals surface area contributed by atoms with E-state index in [4.69, 9.17) is 0 Å². The maximum absolute atomic E-state index is 12.8. The van der Waals surface area contributed by atoms with Crippen LogP contribution in [0.15, 0.2) is 53.7 Å². The summed E-state index contributed by atoms with van der Waals surface area (Å²) in [6.07, 6.45) is 0. The van der Waals surface area contributed by atoms with Crippen molar-refractivity contribution in [3.63, 3.8) is 0 Å². The second-order valence-corrected chi connectivity index (χ2v) is 7.06. The highest BCUT2D eigenvalue weighted by molar-refractivity contribution is 7.99. The zero-order valence-electron chi connectivity index (χ0n) is 15.9. The van der Waals surface area contributed by atoms with E-state index in [1.807, 2.05) is 74.2 Å². The Labute approximate surface area is 164 Å². The van der Waals surface area contributed by atoms with E-state index in [9.17, 15) is 4.79 Å². The van der Waals surface area contributed by atoms with Crippen LogP contribution in [0.4, 0.5) is 11.5 Å². The Morgan fingerprint density at radius 1 is 1.07 bits per heavy atom. The van der Waals surface area contributed by atoms with Gasteiger partial charge < -0.3 is 10.2 Å². The van der Waals surface area contributed by atoms with Crippen LogP contribution < -0.4 is 10.2 Å². The summed E-state index contributed by atoms with van der Waals surface area (Å²) in [5.41, 5.74) is 2.93. The number of benzene rings is 2. The Kier molecular flexibility index (Phi) is 6.29. The second-order valence-electron chi connectivity index (χ2n) is 6.12. The molecule has 0 spiro atoms. The Hall–Kier alpha value is -2.60. The molecule has 0 saturated heterocycles. The predicted molar refractivity (Wildman–Crippen MR) is 114 cm³/mol. The van der Waals surface area contributed by atoms with Gasteiger partial charge in [-0.05, 0) is 44.5 Å². The summed E-state index contributed by atoms with van der Waals surface area (Å²) in [5, 5.41) is 4.89. The molecule has 0 aliphatic rings. The third-order valence-electron chi connectivity index (χ3n) is 4.28. The molecule has 27 heavy (non-hydrogen) atoms. The van der Waals surface area contributed by atoms with Crippen molar-refractivity contribution in [3.05, 3.63) is 54.1 Å². The van der Waals surface area contributed by atoms with Crippen LogP contribution in [0.3, 0.4) is 0 Å². The number of carbonyl (C=O) groups is 1. The smallest absolute Gasteiger partial charge is 0.237 e. The molecule has 0 saturated carbocycles. The molecule has 1 aromatic heterocycles. The third kappa shape index (κ3) is 4.39. The van der Waals surface area contributed by atoms with Crippen LogP contribution in [-0.2, 0) is 4.79 Å². The fraction of sp³-hybridized carbons (Fsp3) is 0.286. The van der Waals surface area contributed by atoms with Crippen LogP contribution in [0, 0.1) is 6.92 Å². The summed E-state index contributed by atoms with van der Waals surface area (Å²) in [4.78, 5) is 23.8. The van der Waals surface area contributed by atoms with E-state index in [-0.39, 0.29) is 5.91 Å². The highest BCUT2D eigenvalue weighted by Crippen LogP contribution is 2.25. The van der Waals surface area contributed by atoms with Crippen molar-refractivity contribution in [2.24, 2.45) is 0 Å². The summed E-state index contributed by atoms with van der Waals surface area (Å²) in [5.74, 6) is 1.16. The molecule has 0 unspecified atom stereocenters. The van der Waals surface area contributed by atoms with Gasteiger partial charge in [-0.25, -0.2) is 9.97 Å². The molecule has 6 heteroatoms. The topological polar surface area (TPSA) is 58.1 Å². The molecule has 0 aliphatic heterocycles. The standard InChI is InChI=1S/C21H24N4OS/c1-4-22-20-16-11-7-8-12-17(16)23-21(24-20)27-14-19(26)25(5-2)18-13-9-6-10-15(18)3/h6-13H,4-5,14H2,1-3H3,(H,22,23,24). The number of amides is 1. The molecule has 0 bridgehead atoms. The summed E-state index contributed by atoms with van der Waals surface area (Å²) in [6.45, 7) is 7.46. The summed E-state index contributed by atoms with van der Waals surface area (Å²) in [7, 11) is 0. The van der Waals surface area contributed by atoms with Gasteiger partial charge in [-0.1, -0.05) is 42.1 Å². The van der Waals surface area contributed by atoms with E-state index in [1.54, 1.807) is 0 Å². The summed E-state index contributed by atoms with van der Waals surface area (Å²) >= 11 is 1.37. The van der Waals surface area contributed by atoms with Crippen molar-refractivity contribution in [2.45, 2.75) is 25.9 Å². The molecule has 1 N–H and O–H groups in total. The number of para-hydroxylation sites is 2. The Bertz CT molecular complexity index is 944. The minimum Gasteiger partial charge on any atom is -0.370 e. The fourth-order valence-corrected chi connectivity index (χ4v) is 3.70. The molecule has 0 atom stereocenters. The molecule has 3 aromatic rings. The van der Waals surface area contributed by atoms with E-state index in [0.29, 0.717) is 17.5 Å². The molecule has 5 nitrogen and oxygen atoms in total. The largest absolute Gasteiger partial charge is 0.370 e. The van der Waals surface area contributed by atoms with Crippen molar-refractivity contribution >= 4 is 40.1 Å². The number of hydrogen-bond donors (Lipinski definition) is 1. The van der Waals surface area contributed by atoms with Crippen LogP contribution >= 0.6 is 11.8 Å². The minimum atomic E-state index is 0.0542. The van der Waals surface area contributed by atoms with Crippen LogP contribution in [-0.4, -0.2) is 34.7 Å². The predicted octanol–water partition coefficient (Wildman–Crippen LogP) is 4.52. The highest BCUT2D eigenvalue weighted by Gasteiger charge is 2.17. The van der Waals surface area contributed by atoms with Gasteiger partial charge in [0.15, 0.2) is 5.16 Å². The minimum absolute atomic E-state index is 0.0542. The number of carbonyl (C=O) groups excluding carboxylic acids is 1. The highest BCUT2D eigenvalue weighted by atomic mass is 32.2. The number of aromatic nitrogens is 2. The lowest BCUT2D eigenvalue weighted by Gasteiger charge is -2.22. The van der Waals surface area contributed by atoms with Crippen LogP contribution in [0.2, 0.25) is 0 Å². The van der Waals surface area contributed by atoms with E-state index in [0.717, 1.165) is 34.5 Å². The van der Waals surface area contributed by atoms with Crippen molar-refractivity contribution < 1.29 is 4.79 Å². The first-order valence-corrected chi connectivity index (χ1v) is 10.1. The van der Waals surface area contributed by atoms with Crippen molar-refractivity contribution in [1.29, 1.82) is 0 Å². The van der Waals surface area contributed by atoms with Gasteiger partial charge in [-0.15, -0.1) is 0 Å². The molecule has 1 heterocycles.